The number of fused-ring (bicyclic) bond motifs is 2. The summed E-state index contributed by atoms with van der Waals surface area (Å²) in [5, 5.41) is 9.36. The zero-order valence-corrected chi connectivity index (χ0v) is 15.2. The van der Waals surface area contributed by atoms with Gasteiger partial charge in [-0.1, -0.05) is 72.8 Å². The Bertz CT molecular complexity index is 1510. The molecular formula is C26H18N2. The molecule has 0 unspecified atom stereocenters. The van der Waals surface area contributed by atoms with Crippen molar-refractivity contribution < 1.29 is 0 Å². The minimum atomic E-state index is 0.805. The van der Waals surface area contributed by atoms with Crippen LogP contribution in [0.25, 0.3) is 54.2 Å². The molecule has 2 nitrogen and oxygen atoms in total. The van der Waals surface area contributed by atoms with Gasteiger partial charge in [-0.25, -0.2) is 0 Å². The Morgan fingerprint density at radius 1 is 0.429 bits per heavy atom. The molecule has 0 amide bonds. The van der Waals surface area contributed by atoms with Crippen LogP contribution in [0.4, 0.5) is 11.4 Å². The molecule has 0 aromatic heterocycles. The molecule has 0 heterocycles. The van der Waals surface area contributed by atoms with Gasteiger partial charge in [0.2, 0.25) is 0 Å². The predicted molar refractivity (Wildman–Crippen MR) is 122 cm³/mol. The van der Waals surface area contributed by atoms with E-state index in [2.05, 4.69) is 66.7 Å². The summed E-state index contributed by atoms with van der Waals surface area (Å²) in [5.41, 5.74) is 17.0. The van der Waals surface area contributed by atoms with Crippen LogP contribution in [0.1, 0.15) is 0 Å². The molecule has 6 aromatic rings. The Morgan fingerprint density at radius 3 is 1.93 bits per heavy atom. The summed E-state index contributed by atoms with van der Waals surface area (Å²) in [4.78, 5) is 0. The molecule has 2 heteroatoms. The summed E-state index contributed by atoms with van der Waals surface area (Å²) in [6.45, 7) is 0. The fourth-order valence-corrected chi connectivity index (χ4v) is 4.72. The van der Waals surface area contributed by atoms with Crippen molar-refractivity contribution in [2.24, 2.45) is 0 Å². The van der Waals surface area contributed by atoms with E-state index in [1.54, 1.807) is 0 Å². The van der Waals surface area contributed by atoms with Crippen LogP contribution in [-0.4, -0.2) is 0 Å². The lowest BCUT2D eigenvalue weighted by Crippen LogP contribution is -1.95. The van der Waals surface area contributed by atoms with Crippen LogP contribution in [-0.2, 0) is 0 Å². The SMILES string of the molecule is Nc1ccc2cccc3c4c(N)ccc5c(-c6ccccc6)ccc(c1c23)c54. The highest BCUT2D eigenvalue weighted by atomic mass is 14.6. The first-order chi connectivity index (χ1) is 13.7. The number of nitrogen functional groups attached to an aromatic ring is 2. The molecule has 0 fully saturated rings. The first kappa shape index (κ1) is 15.3. The van der Waals surface area contributed by atoms with Gasteiger partial charge in [0, 0.05) is 27.5 Å². The number of nitrogens with two attached hydrogens (primary N) is 2. The van der Waals surface area contributed by atoms with Crippen molar-refractivity contribution in [3.05, 3.63) is 84.9 Å². The fourth-order valence-electron chi connectivity index (χ4n) is 4.72. The molecule has 0 saturated carbocycles. The third kappa shape index (κ3) is 1.87. The van der Waals surface area contributed by atoms with Crippen molar-refractivity contribution in [1.82, 2.24) is 0 Å². The Morgan fingerprint density at radius 2 is 1.11 bits per heavy atom. The van der Waals surface area contributed by atoms with E-state index >= 15 is 0 Å². The summed E-state index contributed by atoms with van der Waals surface area (Å²) < 4.78 is 0. The van der Waals surface area contributed by atoms with Crippen LogP contribution < -0.4 is 11.5 Å². The Labute approximate surface area is 162 Å². The van der Waals surface area contributed by atoms with Gasteiger partial charge in [-0.2, -0.15) is 0 Å². The lowest BCUT2D eigenvalue weighted by Gasteiger charge is -2.18. The second kappa shape index (κ2) is 5.37. The zero-order valence-electron chi connectivity index (χ0n) is 15.2. The Balaban J connectivity index is 1.95. The topological polar surface area (TPSA) is 52.0 Å². The van der Waals surface area contributed by atoms with Crippen LogP contribution in [0.5, 0.6) is 0 Å². The van der Waals surface area contributed by atoms with Gasteiger partial charge >= 0.3 is 0 Å². The molecule has 0 aliphatic rings. The molecule has 4 N–H and O–H groups in total. The van der Waals surface area contributed by atoms with Crippen molar-refractivity contribution in [1.29, 1.82) is 0 Å². The quantitative estimate of drug-likeness (QED) is 0.198. The summed E-state index contributed by atoms with van der Waals surface area (Å²) in [5.74, 6) is 0. The van der Waals surface area contributed by atoms with Gasteiger partial charge in [-0.15, -0.1) is 0 Å². The number of rotatable bonds is 1. The third-order valence-corrected chi connectivity index (χ3v) is 5.92. The van der Waals surface area contributed by atoms with Gasteiger partial charge in [-0.05, 0) is 50.2 Å². The van der Waals surface area contributed by atoms with E-state index in [4.69, 9.17) is 11.5 Å². The van der Waals surface area contributed by atoms with Crippen molar-refractivity contribution in [2.45, 2.75) is 0 Å². The molecule has 0 saturated heterocycles. The lowest BCUT2D eigenvalue weighted by molar-refractivity contribution is 1.66. The molecule has 6 rings (SSSR count). The maximum atomic E-state index is 6.53. The Hall–Kier alpha value is -3.78. The number of anilines is 2. The summed E-state index contributed by atoms with van der Waals surface area (Å²) >= 11 is 0. The highest BCUT2D eigenvalue weighted by molar-refractivity contribution is 6.37. The fraction of sp³-hybridized carbons (Fsp3) is 0. The summed E-state index contributed by atoms with van der Waals surface area (Å²) in [7, 11) is 0. The first-order valence-corrected chi connectivity index (χ1v) is 9.46. The van der Waals surface area contributed by atoms with Crippen LogP contribution in [0.15, 0.2) is 84.9 Å². The highest BCUT2D eigenvalue weighted by Gasteiger charge is 2.18. The maximum Gasteiger partial charge on any atom is 0.0400 e. The van der Waals surface area contributed by atoms with Gasteiger partial charge in [0.25, 0.3) is 0 Å². The van der Waals surface area contributed by atoms with Gasteiger partial charge < -0.3 is 11.5 Å². The molecular weight excluding hydrogens is 340 g/mol. The monoisotopic (exact) mass is 358 g/mol. The summed E-state index contributed by atoms with van der Waals surface area (Å²) in [6, 6.07) is 29.6. The Kier molecular flexibility index (Phi) is 2.93. The number of hydrogen-bond acceptors (Lipinski definition) is 2. The molecule has 28 heavy (non-hydrogen) atoms. The van der Waals surface area contributed by atoms with Crippen molar-refractivity contribution in [2.75, 3.05) is 11.5 Å². The summed E-state index contributed by atoms with van der Waals surface area (Å²) in [6.07, 6.45) is 0. The van der Waals surface area contributed by atoms with E-state index in [1.165, 1.54) is 43.4 Å². The molecule has 0 radical (unpaired) electrons. The molecule has 0 spiro atoms. The average Bonchev–Trinajstić information content (AvgIpc) is 2.74. The van der Waals surface area contributed by atoms with E-state index in [1.807, 2.05) is 18.2 Å². The highest BCUT2D eigenvalue weighted by Crippen LogP contribution is 2.46. The lowest BCUT2D eigenvalue weighted by atomic mass is 9.86. The molecule has 0 aliphatic carbocycles. The molecule has 0 atom stereocenters. The minimum absolute atomic E-state index is 0.805. The predicted octanol–water partition coefficient (Wildman–Crippen LogP) is 6.57. The van der Waals surface area contributed by atoms with Crippen molar-refractivity contribution in [3.8, 4) is 11.1 Å². The second-order valence-electron chi connectivity index (χ2n) is 7.41. The van der Waals surface area contributed by atoms with Crippen LogP contribution in [0.2, 0.25) is 0 Å². The largest absolute Gasteiger partial charge is 0.398 e. The first-order valence-electron chi connectivity index (χ1n) is 9.46. The van der Waals surface area contributed by atoms with E-state index < -0.39 is 0 Å². The van der Waals surface area contributed by atoms with Crippen LogP contribution in [0, 0.1) is 0 Å². The molecule has 0 bridgehead atoms. The number of benzene rings is 6. The van der Waals surface area contributed by atoms with Gasteiger partial charge in [-0.3, -0.25) is 0 Å². The van der Waals surface area contributed by atoms with Gasteiger partial charge in [0.15, 0.2) is 0 Å². The molecule has 0 aliphatic heterocycles. The van der Waals surface area contributed by atoms with Crippen molar-refractivity contribution >= 4 is 54.5 Å². The van der Waals surface area contributed by atoms with E-state index in [-0.39, 0.29) is 0 Å². The standard InChI is InChI=1S/C26H18N2/c27-21-13-9-16-7-4-8-19-23(16)25(21)20-11-10-17(15-5-2-1-3-6-15)18-12-14-22(28)26(19)24(18)20/h1-14H,27-28H2. The van der Waals surface area contributed by atoms with Crippen LogP contribution >= 0.6 is 0 Å². The van der Waals surface area contributed by atoms with E-state index in [9.17, 15) is 0 Å². The molecule has 6 aromatic carbocycles. The minimum Gasteiger partial charge on any atom is -0.398 e. The zero-order chi connectivity index (χ0) is 18.8. The van der Waals surface area contributed by atoms with E-state index in [0.717, 1.165) is 22.1 Å². The van der Waals surface area contributed by atoms with Gasteiger partial charge in [0.05, 0.1) is 0 Å². The van der Waals surface area contributed by atoms with E-state index in [0.29, 0.717) is 0 Å². The number of hydrogen-bond donors (Lipinski definition) is 2. The average molecular weight is 358 g/mol. The van der Waals surface area contributed by atoms with Gasteiger partial charge in [0.1, 0.15) is 0 Å². The second-order valence-corrected chi connectivity index (χ2v) is 7.41. The smallest absolute Gasteiger partial charge is 0.0400 e. The maximum absolute atomic E-state index is 6.53. The third-order valence-electron chi connectivity index (χ3n) is 5.92. The van der Waals surface area contributed by atoms with Crippen LogP contribution in [0.3, 0.4) is 0 Å². The molecule has 132 valence electrons. The normalized spacial score (nSPS) is 11.9. The van der Waals surface area contributed by atoms with Crippen molar-refractivity contribution in [3.63, 3.8) is 0 Å².